The van der Waals surface area contributed by atoms with Crippen molar-refractivity contribution in [1.29, 1.82) is 0 Å². The molecule has 0 unspecified atom stereocenters. The molecule has 3 aliphatic heterocycles. The Morgan fingerprint density at radius 1 is 1.02 bits per heavy atom. The maximum Gasteiger partial charge on any atom is 0.288 e. The number of aliphatic hydroxyl groups is 1. The van der Waals surface area contributed by atoms with Crippen LogP contribution in [0.25, 0.3) is 11.0 Å². The van der Waals surface area contributed by atoms with Crippen molar-refractivity contribution in [1.82, 2.24) is 10.2 Å². The Hall–Kier alpha value is -3.90. The molecule has 1 aromatic heterocycles. The molecular formula is C35H43N3O8. The number of ether oxygens (including phenoxy) is 4. The lowest BCUT2D eigenvalue weighted by molar-refractivity contribution is -0.172. The predicted molar refractivity (Wildman–Crippen MR) is 171 cm³/mol. The molecule has 11 nitrogen and oxygen atoms in total. The van der Waals surface area contributed by atoms with Crippen LogP contribution in [-0.4, -0.2) is 93.0 Å². The fourth-order valence-corrected chi connectivity index (χ4v) is 6.92. The molecule has 0 radical (unpaired) electrons. The number of rotatable bonds is 13. The van der Waals surface area contributed by atoms with Crippen LogP contribution in [0.3, 0.4) is 0 Å². The number of fused-ring (bicyclic) bond motifs is 1. The van der Waals surface area contributed by atoms with Gasteiger partial charge in [0, 0.05) is 54.8 Å². The minimum absolute atomic E-state index is 0.00455. The molecule has 1 spiro atoms. The van der Waals surface area contributed by atoms with Gasteiger partial charge in [0.2, 0.25) is 12.2 Å². The molecule has 2 fully saturated rings. The summed E-state index contributed by atoms with van der Waals surface area (Å²) in [5, 5.41) is 12.9. The molecule has 3 aromatic rings. The Morgan fingerprint density at radius 2 is 1.76 bits per heavy atom. The van der Waals surface area contributed by atoms with Gasteiger partial charge in [-0.15, -0.1) is 0 Å². The maximum absolute atomic E-state index is 14.1. The number of aliphatic hydroxyl groups excluding tert-OH is 1. The van der Waals surface area contributed by atoms with E-state index in [0.29, 0.717) is 65.4 Å². The van der Waals surface area contributed by atoms with Crippen LogP contribution in [-0.2, 0) is 28.5 Å². The second-order valence-electron chi connectivity index (χ2n) is 11.8. The van der Waals surface area contributed by atoms with E-state index in [-0.39, 0.29) is 42.6 Å². The molecule has 2 aromatic carbocycles. The van der Waals surface area contributed by atoms with Crippen molar-refractivity contribution in [2.45, 2.75) is 43.9 Å². The molecule has 2 saturated heterocycles. The highest BCUT2D eigenvalue weighted by Gasteiger charge is 2.51. The van der Waals surface area contributed by atoms with Gasteiger partial charge >= 0.3 is 0 Å². The Kier molecular flexibility index (Phi) is 10.2. The number of likely N-dealkylation sites (tertiary alicyclic amines) is 1. The molecule has 246 valence electrons. The first kappa shape index (κ1) is 32.1. The Bertz CT molecular complexity index is 1500. The first-order chi connectivity index (χ1) is 22.6. The summed E-state index contributed by atoms with van der Waals surface area (Å²) in [5.74, 6) is -0.340. The third kappa shape index (κ3) is 6.50. The zero-order valence-electron chi connectivity index (χ0n) is 26.3. The summed E-state index contributed by atoms with van der Waals surface area (Å²) in [6.07, 6.45) is 4.64. The van der Waals surface area contributed by atoms with Crippen molar-refractivity contribution < 1.29 is 38.1 Å². The summed E-state index contributed by atoms with van der Waals surface area (Å²) in [6, 6.07) is 17.8. The number of nitrogens with zero attached hydrogens (tertiary/aromatic N) is 2. The summed E-state index contributed by atoms with van der Waals surface area (Å²) in [4.78, 5) is 31.2. The van der Waals surface area contributed by atoms with Gasteiger partial charge in [-0.1, -0.05) is 36.4 Å². The number of para-hydroxylation sites is 2. The van der Waals surface area contributed by atoms with Crippen LogP contribution >= 0.6 is 0 Å². The molecule has 46 heavy (non-hydrogen) atoms. The molecule has 0 bridgehead atoms. The van der Waals surface area contributed by atoms with E-state index in [1.54, 1.807) is 11.2 Å². The minimum atomic E-state index is -0.694. The highest BCUT2D eigenvalue weighted by molar-refractivity contribution is 5.95. The number of amides is 2. The van der Waals surface area contributed by atoms with E-state index in [1.165, 1.54) is 0 Å². The van der Waals surface area contributed by atoms with E-state index >= 15 is 0 Å². The number of piperidine rings is 1. The van der Waals surface area contributed by atoms with Gasteiger partial charge in [0.15, 0.2) is 5.76 Å². The molecule has 3 aliphatic rings. The number of anilines is 1. The van der Waals surface area contributed by atoms with Gasteiger partial charge in [0.05, 0.1) is 39.4 Å². The van der Waals surface area contributed by atoms with Gasteiger partial charge in [0.1, 0.15) is 11.1 Å². The minimum Gasteiger partial charge on any atom is -0.464 e. The van der Waals surface area contributed by atoms with E-state index < -0.39 is 11.8 Å². The van der Waals surface area contributed by atoms with Crippen molar-refractivity contribution in [2.24, 2.45) is 5.92 Å². The number of benzene rings is 2. The monoisotopic (exact) mass is 633 g/mol. The van der Waals surface area contributed by atoms with Gasteiger partial charge in [-0.25, -0.2) is 0 Å². The molecular weight excluding hydrogens is 590 g/mol. The van der Waals surface area contributed by atoms with Crippen molar-refractivity contribution in [3.05, 3.63) is 78.3 Å². The van der Waals surface area contributed by atoms with E-state index in [1.807, 2.05) is 67.6 Å². The van der Waals surface area contributed by atoms with E-state index in [2.05, 4.69) is 10.2 Å². The van der Waals surface area contributed by atoms with Gasteiger partial charge in [0.25, 0.3) is 5.91 Å². The lowest BCUT2D eigenvalue weighted by atomic mass is 9.81. The smallest absolute Gasteiger partial charge is 0.288 e. The van der Waals surface area contributed by atoms with Crippen molar-refractivity contribution >= 4 is 28.5 Å². The summed E-state index contributed by atoms with van der Waals surface area (Å²) in [5.41, 5.74) is 2.03. The third-order valence-electron chi connectivity index (χ3n) is 9.28. The summed E-state index contributed by atoms with van der Waals surface area (Å²) in [6.45, 7) is 5.10. The highest BCUT2D eigenvalue weighted by Crippen LogP contribution is 2.43. The average Bonchev–Trinajstić information content (AvgIpc) is 3.66. The third-order valence-corrected chi connectivity index (χ3v) is 9.28. The van der Waals surface area contributed by atoms with Crippen LogP contribution in [0, 0.1) is 5.92 Å². The summed E-state index contributed by atoms with van der Waals surface area (Å²) >= 11 is 0. The van der Waals surface area contributed by atoms with Gasteiger partial charge in [-0.2, -0.15) is 0 Å². The quantitative estimate of drug-likeness (QED) is 0.271. The van der Waals surface area contributed by atoms with Crippen LogP contribution < -0.4 is 10.2 Å². The fraction of sp³-hybridized carbons (Fsp3) is 0.486. The molecule has 11 heteroatoms. The van der Waals surface area contributed by atoms with Crippen LogP contribution in [0.5, 0.6) is 0 Å². The van der Waals surface area contributed by atoms with Gasteiger partial charge in [-0.05, 0) is 50.5 Å². The lowest BCUT2D eigenvalue weighted by Crippen LogP contribution is -2.57. The molecule has 6 rings (SSSR count). The zero-order chi connectivity index (χ0) is 31.9. The Balaban J connectivity index is 1.22. The van der Waals surface area contributed by atoms with Crippen LogP contribution in [0.2, 0.25) is 0 Å². The van der Waals surface area contributed by atoms with Gasteiger partial charge in [-0.3, -0.25) is 9.59 Å². The number of carbonyl (C=O) groups is 2. The van der Waals surface area contributed by atoms with Crippen molar-refractivity contribution in [3.8, 4) is 0 Å². The fourth-order valence-electron chi connectivity index (χ4n) is 6.92. The van der Waals surface area contributed by atoms with E-state index in [9.17, 15) is 9.59 Å². The normalized spacial score (nSPS) is 22.6. The average molecular weight is 634 g/mol. The number of nitrogens with one attached hydrogen (secondary N) is 1. The van der Waals surface area contributed by atoms with Crippen LogP contribution in [0.1, 0.15) is 37.7 Å². The van der Waals surface area contributed by atoms with Crippen molar-refractivity contribution in [2.75, 3.05) is 64.3 Å². The van der Waals surface area contributed by atoms with Crippen LogP contribution in [0.15, 0.2) is 77.1 Å². The maximum atomic E-state index is 14.1. The topological polar surface area (TPSA) is 123 Å². The standard InChI is InChI=1S/C35H43N3O8/c1-2-44-33-27(12-18-42-20-21-43-19-17-39)28(29-23-45-30-11-7-6-10-26(29)30)22-31(46-33)32(40)37-15-13-35(14-16-37)34(41)36-24-38(35)25-8-4-3-5-9-25/h3-11,22-23,27-28,33,39H,2,12-21,24H2,1H3,(H,36,41)/t27-,28-,33+/m1/s1. The number of carbonyl (C=O) groups excluding carboxylic acids is 2. The number of hydrogen-bond acceptors (Lipinski definition) is 9. The Labute approximate surface area is 269 Å². The molecule has 2 N–H and O–H groups in total. The highest BCUT2D eigenvalue weighted by atomic mass is 16.7. The second-order valence-corrected chi connectivity index (χ2v) is 11.8. The SMILES string of the molecule is CCO[C@H]1OC(C(=O)N2CCC3(CC2)C(=O)NCN3c2ccccc2)=C[C@@H](c2coc3ccccc23)[C@H]1CCOCCOCCO. The molecule has 0 aliphatic carbocycles. The summed E-state index contributed by atoms with van der Waals surface area (Å²) in [7, 11) is 0. The predicted octanol–water partition coefficient (Wildman–Crippen LogP) is 3.78. The first-order valence-corrected chi connectivity index (χ1v) is 16.2. The second kappa shape index (κ2) is 14.7. The Morgan fingerprint density at radius 3 is 2.52 bits per heavy atom. The first-order valence-electron chi connectivity index (χ1n) is 16.2. The zero-order valence-corrected chi connectivity index (χ0v) is 26.3. The summed E-state index contributed by atoms with van der Waals surface area (Å²) < 4.78 is 29.6. The molecule has 2 amide bonds. The molecule has 4 heterocycles. The largest absolute Gasteiger partial charge is 0.464 e. The van der Waals surface area contributed by atoms with Crippen molar-refractivity contribution in [3.63, 3.8) is 0 Å². The van der Waals surface area contributed by atoms with Crippen LogP contribution in [0.4, 0.5) is 5.69 Å². The molecule has 0 saturated carbocycles. The number of hydrogen-bond donors (Lipinski definition) is 2. The van der Waals surface area contributed by atoms with Gasteiger partial charge < -0.3 is 43.6 Å². The number of furan rings is 1. The molecule has 3 atom stereocenters. The lowest BCUT2D eigenvalue weighted by Gasteiger charge is -2.44. The number of allylic oxidation sites excluding steroid dienone is 1. The van der Waals surface area contributed by atoms with E-state index in [4.69, 9.17) is 28.5 Å². The van der Waals surface area contributed by atoms with E-state index in [0.717, 1.165) is 22.2 Å².